The molecule has 0 N–H and O–H groups in total. The summed E-state index contributed by atoms with van der Waals surface area (Å²) in [5.74, 6) is 1.90. The molecular formula is C51H36N4. The van der Waals surface area contributed by atoms with Crippen LogP contribution in [-0.2, 0) is 5.41 Å². The van der Waals surface area contributed by atoms with Gasteiger partial charge in [-0.25, -0.2) is 15.0 Å². The summed E-state index contributed by atoms with van der Waals surface area (Å²) in [5.41, 5.74) is 15.0. The Morgan fingerprint density at radius 2 is 0.927 bits per heavy atom. The number of aromatic nitrogens is 4. The fourth-order valence-corrected chi connectivity index (χ4v) is 8.10. The molecule has 0 saturated carbocycles. The van der Waals surface area contributed by atoms with Crippen molar-refractivity contribution in [1.82, 2.24) is 19.9 Å². The van der Waals surface area contributed by atoms with E-state index in [0.717, 1.165) is 38.9 Å². The monoisotopic (exact) mass is 704 g/mol. The molecule has 9 aromatic rings. The highest BCUT2D eigenvalue weighted by molar-refractivity contribution is 6.02. The van der Waals surface area contributed by atoms with Gasteiger partial charge in [0, 0.05) is 34.5 Å². The third-order valence-electron chi connectivity index (χ3n) is 11.0. The largest absolute Gasteiger partial charge is 0.264 e. The van der Waals surface area contributed by atoms with E-state index in [9.17, 15) is 0 Å². The summed E-state index contributed by atoms with van der Waals surface area (Å²) in [4.78, 5) is 19.3. The number of hydrogen-bond acceptors (Lipinski definition) is 4. The van der Waals surface area contributed by atoms with Crippen LogP contribution >= 0.6 is 0 Å². The van der Waals surface area contributed by atoms with Gasteiger partial charge in [-0.15, -0.1) is 0 Å². The number of hydrogen-bond donors (Lipinski definition) is 0. The minimum absolute atomic E-state index is 0.0972. The summed E-state index contributed by atoms with van der Waals surface area (Å²) in [6.07, 6.45) is 3.66. The van der Waals surface area contributed by atoms with E-state index in [1.165, 1.54) is 44.2 Å². The van der Waals surface area contributed by atoms with Crippen LogP contribution in [0, 0.1) is 0 Å². The zero-order valence-electron chi connectivity index (χ0n) is 30.6. The van der Waals surface area contributed by atoms with Crippen LogP contribution in [0.3, 0.4) is 0 Å². The Bertz CT molecular complexity index is 2880. The predicted molar refractivity (Wildman–Crippen MR) is 225 cm³/mol. The molecule has 0 spiro atoms. The first-order valence-electron chi connectivity index (χ1n) is 18.7. The van der Waals surface area contributed by atoms with Crippen LogP contribution in [-0.4, -0.2) is 19.9 Å². The molecule has 7 aromatic carbocycles. The van der Waals surface area contributed by atoms with Gasteiger partial charge in [0.15, 0.2) is 17.5 Å². The third kappa shape index (κ3) is 5.80. The lowest BCUT2D eigenvalue weighted by atomic mass is 9.81. The van der Waals surface area contributed by atoms with Gasteiger partial charge in [-0.05, 0) is 90.7 Å². The Morgan fingerprint density at radius 1 is 0.382 bits per heavy atom. The van der Waals surface area contributed by atoms with Crippen LogP contribution in [0.5, 0.6) is 0 Å². The number of fused-ring (bicyclic) bond motifs is 5. The first-order chi connectivity index (χ1) is 27.0. The number of pyridine rings is 1. The van der Waals surface area contributed by atoms with Crippen LogP contribution in [0.2, 0.25) is 0 Å². The molecule has 4 heteroatoms. The molecule has 0 aliphatic heterocycles. The van der Waals surface area contributed by atoms with Gasteiger partial charge in [0.25, 0.3) is 0 Å². The van der Waals surface area contributed by atoms with E-state index in [1.807, 2.05) is 42.6 Å². The fraction of sp³-hybridized carbons (Fsp3) is 0.0588. The predicted octanol–water partition coefficient (Wildman–Crippen LogP) is 12.7. The van der Waals surface area contributed by atoms with Gasteiger partial charge in [0.2, 0.25) is 0 Å². The standard InChI is InChI=1S/C51H36N4/c1-51(2)45-27-25-34-11-6-7-19-43(34)47(45)44-26-24-40(31-46(44)51)38-15-8-14-37(29-38)39-16-9-17-41(30-39)50-54-48(35-12-4-3-5-13-35)53-49(55-50)36-22-20-33(21-23-36)42-18-10-28-52-32-42/h3-32H,1-2H3. The van der Waals surface area contributed by atoms with Crippen molar-refractivity contribution in [3.05, 3.63) is 193 Å². The Morgan fingerprint density at radius 3 is 1.64 bits per heavy atom. The minimum Gasteiger partial charge on any atom is -0.264 e. The summed E-state index contributed by atoms with van der Waals surface area (Å²) in [7, 11) is 0. The maximum atomic E-state index is 5.05. The van der Waals surface area contributed by atoms with Gasteiger partial charge in [-0.2, -0.15) is 0 Å². The third-order valence-corrected chi connectivity index (χ3v) is 11.0. The quantitative estimate of drug-likeness (QED) is 0.173. The molecule has 10 rings (SSSR count). The summed E-state index contributed by atoms with van der Waals surface area (Å²) in [6.45, 7) is 4.71. The maximum absolute atomic E-state index is 5.05. The van der Waals surface area contributed by atoms with Crippen molar-refractivity contribution in [2.45, 2.75) is 19.3 Å². The molecule has 0 amide bonds. The van der Waals surface area contributed by atoms with Gasteiger partial charge in [-0.3, -0.25) is 4.98 Å². The maximum Gasteiger partial charge on any atom is 0.164 e. The molecule has 2 aromatic heterocycles. The van der Waals surface area contributed by atoms with Crippen LogP contribution < -0.4 is 0 Å². The SMILES string of the molecule is CC1(C)c2cc(-c3cccc(-c4cccc(-c5nc(-c6ccccc6)nc(-c6ccc(-c7cccnc7)cc6)n5)c4)c3)ccc2-c2c1ccc1ccccc21. The smallest absolute Gasteiger partial charge is 0.164 e. The highest BCUT2D eigenvalue weighted by Gasteiger charge is 2.36. The van der Waals surface area contributed by atoms with Gasteiger partial charge in [0.1, 0.15) is 0 Å². The Kier molecular flexibility index (Phi) is 7.77. The number of nitrogens with zero attached hydrogens (tertiary/aromatic N) is 4. The summed E-state index contributed by atoms with van der Waals surface area (Å²) in [6, 6.07) is 60.1. The van der Waals surface area contributed by atoms with E-state index >= 15 is 0 Å². The van der Waals surface area contributed by atoms with Crippen LogP contribution in [0.25, 0.3) is 89.4 Å². The van der Waals surface area contributed by atoms with Gasteiger partial charge in [0.05, 0.1) is 0 Å². The van der Waals surface area contributed by atoms with E-state index in [-0.39, 0.29) is 5.41 Å². The molecule has 2 heterocycles. The molecule has 260 valence electrons. The molecule has 0 fully saturated rings. The fourth-order valence-electron chi connectivity index (χ4n) is 8.10. The Balaban J connectivity index is 1.02. The lowest BCUT2D eigenvalue weighted by Crippen LogP contribution is -2.15. The second-order valence-electron chi connectivity index (χ2n) is 14.7. The Hall–Kier alpha value is -7.04. The molecule has 55 heavy (non-hydrogen) atoms. The van der Waals surface area contributed by atoms with Crippen LogP contribution in [0.15, 0.2) is 182 Å². The second kappa shape index (κ2) is 13.1. The lowest BCUT2D eigenvalue weighted by Gasteiger charge is -2.22. The topological polar surface area (TPSA) is 51.6 Å². The van der Waals surface area contributed by atoms with Gasteiger partial charge < -0.3 is 0 Å². The van der Waals surface area contributed by atoms with E-state index < -0.39 is 0 Å². The summed E-state index contributed by atoms with van der Waals surface area (Å²) in [5, 5.41) is 2.60. The molecule has 0 unspecified atom stereocenters. The van der Waals surface area contributed by atoms with Gasteiger partial charge in [-0.1, -0.05) is 159 Å². The van der Waals surface area contributed by atoms with Gasteiger partial charge >= 0.3 is 0 Å². The highest BCUT2D eigenvalue weighted by Crippen LogP contribution is 2.52. The van der Waals surface area contributed by atoms with E-state index in [4.69, 9.17) is 15.0 Å². The van der Waals surface area contributed by atoms with Crippen molar-refractivity contribution in [3.63, 3.8) is 0 Å². The number of rotatable bonds is 6. The summed E-state index contributed by atoms with van der Waals surface area (Å²) < 4.78 is 0. The average Bonchev–Trinajstić information content (AvgIpc) is 3.49. The van der Waals surface area contributed by atoms with Crippen LogP contribution in [0.4, 0.5) is 0 Å². The zero-order chi connectivity index (χ0) is 36.9. The zero-order valence-corrected chi connectivity index (χ0v) is 30.6. The highest BCUT2D eigenvalue weighted by atomic mass is 15.0. The average molecular weight is 705 g/mol. The van der Waals surface area contributed by atoms with Crippen LogP contribution in [0.1, 0.15) is 25.0 Å². The van der Waals surface area contributed by atoms with Crippen molar-refractivity contribution >= 4 is 10.8 Å². The molecule has 0 saturated heterocycles. The van der Waals surface area contributed by atoms with Crippen molar-refractivity contribution in [1.29, 1.82) is 0 Å². The van der Waals surface area contributed by atoms with Crippen molar-refractivity contribution < 1.29 is 0 Å². The molecule has 4 nitrogen and oxygen atoms in total. The molecular weight excluding hydrogens is 669 g/mol. The molecule has 1 aliphatic rings. The first-order valence-corrected chi connectivity index (χ1v) is 18.7. The summed E-state index contributed by atoms with van der Waals surface area (Å²) >= 11 is 0. The molecule has 0 radical (unpaired) electrons. The van der Waals surface area contributed by atoms with E-state index in [2.05, 4.69) is 152 Å². The lowest BCUT2D eigenvalue weighted by molar-refractivity contribution is 0.661. The second-order valence-corrected chi connectivity index (χ2v) is 14.7. The number of benzene rings is 7. The van der Waals surface area contributed by atoms with Crippen molar-refractivity contribution in [3.8, 4) is 78.7 Å². The molecule has 1 aliphatic carbocycles. The first kappa shape index (κ1) is 32.6. The normalized spacial score (nSPS) is 12.7. The molecule has 0 bridgehead atoms. The minimum atomic E-state index is -0.0972. The van der Waals surface area contributed by atoms with Crippen molar-refractivity contribution in [2.24, 2.45) is 0 Å². The van der Waals surface area contributed by atoms with E-state index in [0.29, 0.717) is 17.5 Å². The molecule has 0 atom stereocenters. The van der Waals surface area contributed by atoms with E-state index in [1.54, 1.807) is 6.20 Å². The van der Waals surface area contributed by atoms with Crippen molar-refractivity contribution in [2.75, 3.05) is 0 Å². The Labute approximate surface area is 320 Å².